The summed E-state index contributed by atoms with van der Waals surface area (Å²) in [4.78, 5) is 24.2. The van der Waals surface area contributed by atoms with Gasteiger partial charge in [0.1, 0.15) is 12.6 Å². The molecule has 2 amide bonds. The Kier molecular flexibility index (Phi) is 9.72. The second-order valence-corrected chi connectivity index (χ2v) is 9.40. The van der Waals surface area contributed by atoms with Crippen molar-refractivity contribution in [2.45, 2.75) is 37.9 Å². The van der Waals surface area contributed by atoms with Crippen LogP contribution in [-0.4, -0.2) is 36.5 Å². The first-order valence-corrected chi connectivity index (χ1v) is 11.6. The van der Waals surface area contributed by atoms with Crippen LogP contribution in [0, 0.1) is 0 Å². The SMILES string of the molecule is CC(NC(=O)c1ccc(/C=C/C(c2ccc(Cl)c(Cl)c2)C(C)(F)F)cc1Br)C(=O)NCC(F)(F)F. The van der Waals surface area contributed by atoms with Crippen LogP contribution in [0.5, 0.6) is 0 Å². The molecular formula is C23H20BrCl2F5N2O2. The number of carbonyl (C=O) groups is 2. The monoisotopic (exact) mass is 600 g/mol. The molecule has 2 rings (SSSR count). The first-order valence-electron chi connectivity index (χ1n) is 10.0. The maximum absolute atomic E-state index is 14.3. The van der Waals surface area contributed by atoms with Crippen molar-refractivity contribution in [3.05, 3.63) is 73.7 Å². The van der Waals surface area contributed by atoms with Gasteiger partial charge in [0, 0.05) is 11.4 Å². The fourth-order valence-electron chi connectivity index (χ4n) is 2.99. The highest BCUT2D eigenvalue weighted by Gasteiger charge is 2.33. The standard InChI is InChI=1S/C23H20BrCl2F5N2O2/c1-12(20(34)32-11-23(29,30)31)33-21(35)15-6-3-13(9-17(15)24)4-7-16(22(2,27)28)14-5-8-18(25)19(26)10-14/h3-10,12,16H,11H2,1-2H3,(H,32,34)(H,33,35)/b7-4+. The molecule has 190 valence electrons. The lowest BCUT2D eigenvalue weighted by Crippen LogP contribution is -2.47. The van der Waals surface area contributed by atoms with E-state index in [9.17, 15) is 31.5 Å². The van der Waals surface area contributed by atoms with Gasteiger partial charge in [0.25, 0.3) is 11.8 Å². The first kappa shape index (κ1) is 29.1. The average Bonchev–Trinajstić information content (AvgIpc) is 2.73. The van der Waals surface area contributed by atoms with Crippen molar-refractivity contribution < 1.29 is 31.5 Å². The van der Waals surface area contributed by atoms with Crippen LogP contribution >= 0.6 is 39.1 Å². The number of hydrogen-bond acceptors (Lipinski definition) is 2. The summed E-state index contributed by atoms with van der Waals surface area (Å²) in [6, 6.07) is 7.40. The molecule has 12 heteroatoms. The van der Waals surface area contributed by atoms with Crippen molar-refractivity contribution in [2.24, 2.45) is 0 Å². The Morgan fingerprint density at radius 1 is 1.06 bits per heavy atom. The van der Waals surface area contributed by atoms with Crippen LogP contribution in [0.4, 0.5) is 22.0 Å². The van der Waals surface area contributed by atoms with Gasteiger partial charge in [0.15, 0.2) is 0 Å². The summed E-state index contributed by atoms with van der Waals surface area (Å²) in [5.74, 6) is -6.14. The van der Waals surface area contributed by atoms with Gasteiger partial charge in [0.05, 0.1) is 21.5 Å². The van der Waals surface area contributed by atoms with Crippen LogP contribution < -0.4 is 10.6 Å². The van der Waals surface area contributed by atoms with Crippen LogP contribution in [0.1, 0.15) is 41.3 Å². The van der Waals surface area contributed by atoms with E-state index in [1.807, 2.05) is 0 Å². The molecule has 0 heterocycles. The van der Waals surface area contributed by atoms with Gasteiger partial charge >= 0.3 is 6.18 Å². The Morgan fingerprint density at radius 2 is 1.71 bits per heavy atom. The smallest absolute Gasteiger partial charge is 0.345 e. The second-order valence-electron chi connectivity index (χ2n) is 7.73. The van der Waals surface area contributed by atoms with E-state index >= 15 is 0 Å². The van der Waals surface area contributed by atoms with Gasteiger partial charge in [-0.15, -0.1) is 0 Å². The molecule has 2 unspecified atom stereocenters. The summed E-state index contributed by atoms with van der Waals surface area (Å²) in [6.07, 6.45) is -1.83. The highest BCUT2D eigenvalue weighted by Crippen LogP contribution is 2.37. The van der Waals surface area contributed by atoms with Crippen molar-refractivity contribution in [3.63, 3.8) is 0 Å². The Balaban J connectivity index is 2.16. The number of hydrogen-bond donors (Lipinski definition) is 2. The molecule has 0 bridgehead atoms. The van der Waals surface area contributed by atoms with Gasteiger partial charge in [0.2, 0.25) is 5.91 Å². The van der Waals surface area contributed by atoms with Crippen molar-refractivity contribution in [1.29, 1.82) is 0 Å². The van der Waals surface area contributed by atoms with Gasteiger partial charge < -0.3 is 10.6 Å². The van der Waals surface area contributed by atoms with Crippen LogP contribution in [0.2, 0.25) is 10.0 Å². The quantitative estimate of drug-likeness (QED) is 0.320. The number of alkyl halides is 5. The minimum absolute atomic E-state index is 0.0967. The molecule has 0 radical (unpaired) electrons. The maximum atomic E-state index is 14.3. The number of carbonyl (C=O) groups excluding carboxylic acids is 2. The number of allylic oxidation sites excluding steroid dienone is 1. The third-order valence-corrected chi connectivity index (χ3v) is 6.17. The van der Waals surface area contributed by atoms with Gasteiger partial charge in [-0.1, -0.05) is 47.5 Å². The molecule has 0 saturated carbocycles. The fourth-order valence-corrected chi connectivity index (χ4v) is 3.87. The van der Waals surface area contributed by atoms with E-state index in [4.69, 9.17) is 23.2 Å². The van der Waals surface area contributed by atoms with Crippen molar-refractivity contribution in [3.8, 4) is 0 Å². The molecule has 0 fully saturated rings. The highest BCUT2D eigenvalue weighted by molar-refractivity contribution is 9.10. The second kappa shape index (κ2) is 11.7. The molecule has 0 aliphatic carbocycles. The lowest BCUT2D eigenvalue weighted by atomic mass is 9.92. The van der Waals surface area contributed by atoms with Crippen LogP contribution in [-0.2, 0) is 4.79 Å². The van der Waals surface area contributed by atoms with Gasteiger partial charge in [-0.25, -0.2) is 8.78 Å². The van der Waals surface area contributed by atoms with Crippen LogP contribution in [0.25, 0.3) is 6.08 Å². The zero-order valence-corrected chi connectivity index (χ0v) is 21.4. The molecule has 2 aromatic carbocycles. The molecule has 0 aliphatic heterocycles. The van der Waals surface area contributed by atoms with E-state index < -0.39 is 42.4 Å². The summed E-state index contributed by atoms with van der Waals surface area (Å²) in [7, 11) is 0. The van der Waals surface area contributed by atoms with Crippen molar-refractivity contribution in [1.82, 2.24) is 10.6 Å². The molecule has 2 aromatic rings. The van der Waals surface area contributed by atoms with Gasteiger partial charge in [-0.2, -0.15) is 13.2 Å². The van der Waals surface area contributed by atoms with E-state index in [0.29, 0.717) is 5.56 Å². The number of halogens is 8. The largest absolute Gasteiger partial charge is 0.405 e. The molecule has 0 spiro atoms. The van der Waals surface area contributed by atoms with Gasteiger partial charge in [-0.05, 0) is 58.2 Å². The third kappa shape index (κ3) is 8.77. The molecule has 2 N–H and O–H groups in total. The number of benzene rings is 2. The number of rotatable bonds is 8. The number of amides is 2. The van der Waals surface area contributed by atoms with E-state index in [2.05, 4.69) is 21.2 Å². The maximum Gasteiger partial charge on any atom is 0.405 e. The Morgan fingerprint density at radius 3 is 2.26 bits per heavy atom. The summed E-state index contributed by atoms with van der Waals surface area (Å²) in [5.41, 5.74) is 0.842. The zero-order valence-electron chi connectivity index (χ0n) is 18.3. The van der Waals surface area contributed by atoms with Crippen LogP contribution in [0.15, 0.2) is 46.9 Å². The Labute approximate surface area is 217 Å². The highest BCUT2D eigenvalue weighted by atomic mass is 79.9. The lowest BCUT2D eigenvalue weighted by Gasteiger charge is -2.21. The molecule has 35 heavy (non-hydrogen) atoms. The zero-order chi connectivity index (χ0) is 26.6. The van der Waals surface area contributed by atoms with E-state index in [1.54, 1.807) is 5.32 Å². The van der Waals surface area contributed by atoms with E-state index in [-0.39, 0.29) is 25.6 Å². The predicted octanol–water partition coefficient (Wildman–Crippen LogP) is 7.00. The summed E-state index contributed by atoms with van der Waals surface area (Å²) in [5, 5.41) is 4.37. The van der Waals surface area contributed by atoms with Crippen molar-refractivity contribution in [2.75, 3.05) is 6.54 Å². The topological polar surface area (TPSA) is 58.2 Å². The van der Waals surface area contributed by atoms with E-state index in [1.165, 1.54) is 55.5 Å². The van der Waals surface area contributed by atoms with Gasteiger partial charge in [-0.3, -0.25) is 9.59 Å². The molecule has 0 aliphatic rings. The van der Waals surface area contributed by atoms with Crippen LogP contribution in [0.3, 0.4) is 0 Å². The minimum atomic E-state index is -4.58. The Hall–Kier alpha value is -2.17. The summed E-state index contributed by atoms with van der Waals surface area (Å²) in [6.45, 7) is 0.499. The number of nitrogens with one attached hydrogen (secondary N) is 2. The predicted molar refractivity (Wildman–Crippen MR) is 129 cm³/mol. The molecule has 0 aromatic heterocycles. The van der Waals surface area contributed by atoms with E-state index in [0.717, 1.165) is 6.92 Å². The summed E-state index contributed by atoms with van der Waals surface area (Å²) >= 11 is 15.1. The fraction of sp³-hybridized carbons (Fsp3) is 0.304. The Bertz CT molecular complexity index is 1120. The molecular weight excluding hydrogens is 582 g/mol. The molecule has 4 nitrogen and oxygen atoms in total. The third-order valence-electron chi connectivity index (χ3n) is 4.77. The summed E-state index contributed by atoms with van der Waals surface area (Å²) < 4.78 is 65.6. The first-order chi connectivity index (χ1) is 16.1. The lowest BCUT2D eigenvalue weighted by molar-refractivity contribution is -0.139. The minimum Gasteiger partial charge on any atom is -0.345 e. The molecule has 0 saturated heterocycles. The normalized spacial score (nSPS) is 14.0. The van der Waals surface area contributed by atoms with Crippen molar-refractivity contribution >= 4 is 57.0 Å². The average molecular weight is 602 g/mol. The molecule has 2 atom stereocenters.